The Morgan fingerprint density at radius 2 is 2.00 bits per heavy atom. The highest BCUT2D eigenvalue weighted by Crippen LogP contribution is 2.30. The number of hydrogen-bond donors (Lipinski definition) is 2. The lowest BCUT2D eigenvalue weighted by Gasteiger charge is -2.19. The molecule has 0 aliphatic heterocycles. The molecule has 0 aromatic heterocycles. The Hall–Kier alpha value is -1.23. The lowest BCUT2D eigenvalue weighted by atomic mass is 10.2. The van der Waals surface area contributed by atoms with E-state index in [4.69, 9.17) is 10.5 Å². The molecule has 0 saturated carbocycles. The molecule has 0 bridgehead atoms. The van der Waals surface area contributed by atoms with E-state index in [0.29, 0.717) is 11.4 Å². The summed E-state index contributed by atoms with van der Waals surface area (Å²) < 4.78 is 6.53. The summed E-state index contributed by atoms with van der Waals surface area (Å²) in [6.07, 6.45) is -0.574. The summed E-state index contributed by atoms with van der Waals surface area (Å²) in [5.74, 6) is 0.413. The molecule has 1 atom stereocenters. The van der Waals surface area contributed by atoms with Gasteiger partial charge in [0.1, 0.15) is 5.75 Å². The van der Waals surface area contributed by atoms with Crippen molar-refractivity contribution in [3.8, 4) is 5.75 Å². The number of ether oxygens (including phenoxy) is 1. The maximum absolute atomic E-state index is 11.8. The summed E-state index contributed by atoms with van der Waals surface area (Å²) >= 11 is 3.36. The van der Waals surface area contributed by atoms with Crippen LogP contribution in [-0.2, 0) is 4.79 Å². The molecule has 0 spiro atoms. The quantitative estimate of drug-likeness (QED) is 0.840. The molecule has 100 valence electrons. The van der Waals surface area contributed by atoms with Gasteiger partial charge in [-0.15, -0.1) is 0 Å². The minimum absolute atomic E-state index is 0.0897. The van der Waals surface area contributed by atoms with Crippen molar-refractivity contribution < 1.29 is 9.53 Å². The number of anilines is 1. The minimum Gasteiger partial charge on any atom is -0.478 e. The van der Waals surface area contributed by atoms with Crippen molar-refractivity contribution in [1.82, 2.24) is 5.32 Å². The van der Waals surface area contributed by atoms with Crippen molar-refractivity contribution in [1.29, 1.82) is 0 Å². The Morgan fingerprint density at radius 3 is 2.50 bits per heavy atom. The number of carbonyl (C=O) groups is 1. The fraction of sp³-hybridized carbons (Fsp3) is 0.462. The summed E-state index contributed by atoms with van der Waals surface area (Å²) in [6.45, 7) is 7.41. The third kappa shape index (κ3) is 3.91. The standard InChI is InChI=1S/C13H19BrN2O2/c1-7(2)16-13(17)9(4)18-12-8(3)5-10(14)6-11(12)15/h5-7,9H,15H2,1-4H3,(H,16,17). The van der Waals surface area contributed by atoms with E-state index in [1.807, 2.05) is 26.8 Å². The van der Waals surface area contributed by atoms with Gasteiger partial charge < -0.3 is 15.8 Å². The molecule has 1 amide bonds. The number of rotatable bonds is 4. The normalized spacial score (nSPS) is 12.3. The number of nitrogens with two attached hydrogens (primary N) is 1. The fourth-order valence-corrected chi connectivity index (χ4v) is 2.14. The summed E-state index contributed by atoms with van der Waals surface area (Å²) in [7, 11) is 0. The van der Waals surface area contributed by atoms with E-state index in [1.165, 1.54) is 0 Å². The molecule has 1 aromatic rings. The smallest absolute Gasteiger partial charge is 0.260 e. The van der Waals surface area contributed by atoms with E-state index in [-0.39, 0.29) is 11.9 Å². The van der Waals surface area contributed by atoms with Crippen LogP contribution in [0, 0.1) is 6.92 Å². The van der Waals surface area contributed by atoms with E-state index in [9.17, 15) is 4.79 Å². The van der Waals surface area contributed by atoms with Crippen LogP contribution < -0.4 is 15.8 Å². The molecule has 3 N–H and O–H groups in total. The number of benzene rings is 1. The molecule has 0 saturated heterocycles. The first kappa shape index (κ1) is 14.8. The van der Waals surface area contributed by atoms with Crippen LogP contribution in [0.4, 0.5) is 5.69 Å². The van der Waals surface area contributed by atoms with Crippen LogP contribution in [0.3, 0.4) is 0 Å². The highest BCUT2D eigenvalue weighted by molar-refractivity contribution is 9.10. The van der Waals surface area contributed by atoms with Crippen LogP contribution in [0.2, 0.25) is 0 Å². The first-order valence-corrected chi connectivity index (χ1v) is 6.63. The summed E-state index contributed by atoms with van der Waals surface area (Å²) in [6, 6.07) is 3.75. The lowest BCUT2D eigenvalue weighted by Crippen LogP contribution is -2.40. The van der Waals surface area contributed by atoms with Gasteiger partial charge in [-0.2, -0.15) is 0 Å². The molecule has 18 heavy (non-hydrogen) atoms. The summed E-state index contributed by atoms with van der Waals surface area (Å²) in [5.41, 5.74) is 7.30. The van der Waals surface area contributed by atoms with E-state index in [0.717, 1.165) is 10.0 Å². The average molecular weight is 315 g/mol. The van der Waals surface area contributed by atoms with Crippen LogP contribution in [-0.4, -0.2) is 18.1 Å². The van der Waals surface area contributed by atoms with Crippen LogP contribution >= 0.6 is 15.9 Å². The molecule has 5 heteroatoms. The van der Waals surface area contributed by atoms with Crippen molar-refractivity contribution in [3.63, 3.8) is 0 Å². The molecule has 1 unspecified atom stereocenters. The fourth-order valence-electron chi connectivity index (χ4n) is 1.55. The summed E-state index contributed by atoms with van der Waals surface area (Å²) in [5, 5.41) is 2.80. The molecule has 1 aromatic carbocycles. The molecular formula is C13H19BrN2O2. The first-order valence-electron chi connectivity index (χ1n) is 5.84. The highest BCUT2D eigenvalue weighted by atomic mass is 79.9. The van der Waals surface area contributed by atoms with Gasteiger partial charge in [-0.05, 0) is 45.4 Å². The molecule has 0 radical (unpaired) electrons. The second kappa shape index (κ2) is 6.09. The van der Waals surface area contributed by atoms with Crippen LogP contribution in [0.25, 0.3) is 0 Å². The highest BCUT2D eigenvalue weighted by Gasteiger charge is 2.17. The van der Waals surface area contributed by atoms with Crippen LogP contribution in [0.15, 0.2) is 16.6 Å². The van der Waals surface area contributed by atoms with Gasteiger partial charge in [-0.1, -0.05) is 15.9 Å². The molecule has 4 nitrogen and oxygen atoms in total. The first-order chi connectivity index (χ1) is 8.31. The van der Waals surface area contributed by atoms with E-state index in [2.05, 4.69) is 21.2 Å². The molecule has 0 heterocycles. The largest absolute Gasteiger partial charge is 0.478 e. The number of aryl methyl sites for hydroxylation is 1. The lowest BCUT2D eigenvalue weighted by molar-refractivity contribution is -0.127. The third-order valence-electron chi connectivity index (χ3n) is 2.36. The zero-order chi connectivity index (χ0) is 13.9. The monoisotopic (exact) mass is 314 g/mol. The number of halogens is 1. The Balaban J connectivity index is 2.82. The van der Waals surface area contributed by atoms with Crippen molar-refractivity contribution in [2.45, 2.75) is 39.8 Å². The predicted molar refractivity (Wildman–Crippen MR) is 76.7 cm³/mol. The third-order valence-corrected chi connectivity index (χ3v) is 2.82. The SMILES string of the molecule is Cc1cc(Br)cc(N)c1OC(C)C(=O)NC(C)C. The summed E-state index contributed by atoms with van der Waals surface area (Å²) in [4.78, 5) is 11.8. The van der Waals surface area contributed by atoms with Crippen molar-refractivity contribution >= 4 is 27.5 Å². The molecule has 0 fully saturated rings. The van der Waals surface area contributed by atoms with Crippen molar-refractivity contribution in [2.24, 2.45) is 0 Å². The topological polar surface area (TPSA) is 64.3 Å². The Bertz CT molecular complexity index is 424. The predicted octanol–water partition coefficient (Wildman–Crippen LogP) is 2.63. The van der Waals surface area contributed by atoms with Gasteiger partial charge in [0.05, 0.1) is 5.69 Å². The van der Waals surface area contributed by atoms with Gasteiger partial charge in [0.2, 0.25) is 0 Å². The van der Waals surface area contributed by atoms with Gasteiger partial charge in [0.15, 0.2) is 6.10 Å². The number of nitrogens with one attached hydrogen (secondary N) is 1. The second-order valence-electron chi connectivity index (χ2n) is 4.56. The van der Waals surface area contributed by atoms with E-state index in [1.54, 1.807) is 13.0 Å². The molecule has 0 aliphatic rings. The molecular weight excluding hydrogens is 296 g/mol. The van der Waals surface area contributed by atoms with Crippen molar-refractivity contribution in [2.75, 3.05) is 5.73 Å². The zero-order valence-electron chi connectivity index (χ0n) is 11.1. The second-order valence-corrected chi connectivity index (χ2v) is 5.48. The Labute approximate surface area is 116 Å². The van der Waals surface area contributed by atoms with Crippen LogP contribution in [0.5, 0.6) is 5.75 Å². The van der Waals surface area contributed by atoms with Gasteiger partial charge in [0, 0.05) is 10.5 Å². The molecule has 1 rings (SSSR count). The van der Waals surface area contributed by atoms with Crippen LogP contribution in [0.1, 0.15) is 26.3 Å². The Morgan fingerprint density at radius 1 is 1.39 bits per heavy atom. The number of amides is 1. The zero-order valence-corrected chi connectivity index (χ0v) is 12.7. The average Bonchev–Trinajstić information content (AvgIpc) is 2.21. The number of hydrogen-bond acceptors (Lipinski definition) is 3. The van der Waals surface area contributed by atoms with Gasteiger partial charge in [-0.3, -0.25) is 4.79 Å². The van der Waals surface area contributed by atoms with Gasteiger partial charge in [-0.25, -0.2) is 0 Å². The Kier molecular flexibility index (Phi) is 5.02. The minimum atomic E-state index is -0.574. The van der Waals surface area contributed by atoms with Crippen molar-refractivity contribution in [3.05, 3.63) is 22.2 Å². The van der Waals surface area contributed by atoms with Gasteiger partial charge in [0.25, 0.3) is 5.91 Å². The van der Waals surface area contributed by atoms with E-state index >= 15 is 0 Å². The number of nitrogen functional groups attached to an aromatic ring is 1. The number of carbonyl (C=O) groups excluding carboxylic acids is 1. The van der Waals surface area contributed by atoms with E-state index < -0.39 is 6.10 Å². The maximum atomic E-state index is 11.8. The maximum Gasteiger partial charge on any atom is 0.260 e. The molecule has 0 aliphatic carbocycles. The van der Waals surface area contributed by atoms with Gasteiger partial charge >= 0.3 is 0 Å².